The molecule has 1 unspecified atom stereocenters. The van der Waals surface area contributed by atoms with Crippen LogP contribution in [0.4, 0.5) is 0 Å². The van der Waals surface area contributed by atoms with Gasteiger partial charge in [-0.15, -0.1) is 0 Å². The number of rotatable bonds is 5. The fourth-order valence-electron chi connectivity index (χ4n) is 4.72. The van der Waals surface area contributed by atoms with Crippen LogP contribution in [-0.4, -0.2) is 5.60 Å². The number of fused-ring (bicyclic) bond motifs is 3. The normalized spacial score (nSPS) is 24.6. The molecule has 132 valence electrons. The number of unbranched alkanes of at least 4 members (excludes halogenated alkanes) is 2. The first-order valence-electron chi connectivity index (χ1n) is 9.98. The quantitative estimate of drug-likeness (QED) is 0.438. The predicted molar refractivity (Wildman–Crippen MR) is 103 cm³/mol. The van der Waals surface area contributed by atoms with E-state index in [2.05, 4.69) is 52.8 Å². The molecule has 2 aliphatic rings. The molecule has 0 N–H and O–H groups in total. The van der Waals surface area contributed by atoms with E-state index >= 15 is 0 Å². The zero-order chi connectivity index (χ0) is 17.3. The second-order valence-electron chi connectivity index (χ2n) is 8.37. The highest BCUT2D eigenvalue weighted by Gasteiger charge is 2.44. The van der Waals surface area contributed by atoms with Crippen molar-refractivity contribution in [2.45, 2.75) is 91.1 Å². The lowest BCUT2D eigenvalue weighted by molar-refractivity contribution is 0.0112. The van der Waals surface area contributed by atoms with Crippen LogP contribution in [-0.2, 0) is 12.8 Å². The zero-order valence-electron chi connectivity index (χ0n) is 16.2. The number of hydrogen-bond donors (Lipinski definition) is 0. The molecule has 0 radical (unpaired) electrons. The van der Waals surface area contributed by atoms with Crippen molar-refractivity contribution < 1.29 is 4.74 Å². The molecule has 1 aromatic carbocycles. The van der Waals surface area contributed by atoms with Crippen LogP contribution in [0.1, 0.15) is 89.3 Å². The van der Waals surface area contributed by atoms with E-state index in [0.717, 1.165) is 12.2 Å². The van der Waals surface area contributed by atoms with Crippen LogP contribution in [0, 0.1) is 5.92 Å². The Morgan fingerprint density at radius 1 is 1.17 bits per heavy atom. The lowest BCUT2D eigenvalue weighted by atomic mass is 9.67. The van der Waals surface area contributed by atoms with Crippen LogP contribution in [0.15, 0.2) is 23.8 Å². The maximum Gasteiger partial charge on any atom is 0.124 e. The van der Waals surface area contributed by atoms with E-state index in [4.69, 9.17) is 4.74 Å². The summed E-state index contributed by atoms with van der Waals surface area (Å²) in [6, 6.07) is 4.81. The van der Waals surface area contributed by atoms with Crippen molar-refractivity contribution in [2.75, 3.05) is 0 Å². The third-order valence-electron chi connectivity index (χ3n) is 6.08. The van der Waals surface area contributed by atoms with Gasteiger partial charge in [0.05, 0.1) is 0 Å². The van der Waals surface area contributed by atoms with E-state index in [1.54, 1.807) is 5.57 Å². The molecule has 0 aromatic heterocycles. The predicted octanol–water partition coefficient (Wildman–Crippen LogP) is 6.59. The maximum atomic E-state index is 6.58. The summed E-state index contributed by atoms with van der Waals surface area (Å²) in [4.78, 5) is 0. The van der Waals surface area contributed by atoms with Crippen molar-refractivity contribution in [1.82, 2.24) is 0 Å². The Bertz CT molecular complexity index is 623. The molecular formula is C23H34O. The fourth-order valence-corrected chi connectivity index (χ4v) is 4.72. The highest BCUT2D eigenvalue weighted by molar-refractivity contribution is 5.51. The summed E-state index contributed by atoms with van der Waals surface area (Å²) >= 11 is 0. The van der Waals surface area contributed by atoms with Gasteiger partial charge in [-0.05, 0) is 70.1 Å². The van der Waals surface area contributed by atoms with Crippen molar-refractivity contribution in [1.29, 1.82) is 0 Å². The third kappa shape index (κ3) is 3.27. The highest BCUT2D eigenvalue weighted by atomic mass is 16.5. The van der Waals surface area contributed by atoms with E-state index in [1.807, 2.05) is 0 Å². The molecule has 0 bridgehead atoms. The minimum Gasteiger partial charge on any atom is -0.487 e. The molecule has 0 saturated carbocycles. The van der Waals surface area contributed by atoms with Crippen LogP contribution in [0.25, 0.3) is 0 Å². The monoisotopic (exact) mass is 326 g/mol. The standard InChI is InChI=1S/C23H34O/c1-6-8-9-10-17-14-18(7-2)22-19-13-16(3)11-12-20(19)23(4,5)24-21(22)15-17/h13-15,19-20H,6-12H2,1-5H3/t19?,20-/m1/s1. The van der Waals surface area contributed by atoms with Gasteiger partial charge in [0.25, 0.3) is 0 Å². The Hall–Kier alpha value is -1.24. The summed E-state index contributed by atoms with van der Waals surface area (Å²) in [5.74, 6) is 2.31. The largest absolute Gasteiger partial charge is 0.487 e. The van der Waals surface area contributed by atoms with Gasteiger partial charge in [-0.1, -0.05) is 44.4 Å². The van der Waals surface area contributed by atoms with E-state index in [0.29, 0.717) is 11.8 Å². The molecule has 0 saturated heterocycles. The topological polar surface area (TPSA) is 9.23 Å². The van der Waals surface area contributed by atoms with Crippen molar-refractivity contribution in [3.63, 3.8) is 0 Å². The Balaban J connectivity index is 2.03. The second-order valence-corrected chi connectivity index (χ2v) is 8.37. The molecule has 0 fully saturated rings. The molecule has 24 heavy (non-hydrogen) atoms. The third-order valence-corrected chi connectivity index (χ3v) is 6.08. The van der Waals surface area contributed by atoms with Gasteiger partial charge in [0, 0.05) is 17.4 Å². The number of benzene rings is 1. The van der Waals surface area contributed by atoms with Gasteiger partial charge in [-0.25, -0.2) is 0 Å². The molecule has 1 aromatic rings. The van der Waals surface area contributed by atoms with Gasteiger partial charge >= 0.3 is 0 Å². The molecular weight excluding hydrogens is 292 g/mol. The van der Waals surface area contributed by atoms with Gasteiger partial charge in [0.2, 0.25) is 0 Å². The lowest BCUT2D eigenvalue weighted by Crippen LogP contribution is -2.45. The molecule has 1 heteroatoms. The second kappa shape index (κ2) is 6.94. The van der Waals surface area contributed by atoms with Crippen molar-refractivity contribution in [2.24, 2.45) is 5.92 Å². The van der Waals surface area contributed by atoms with Gasteiger partial charge in [-0.2, -0.15) is 0 Å². The Morgan fingerprint density at radius 2 is 1.96 bits per heavy atom. The van der Waals surface area contributed by atoms with Gasteiger partial charge < -0.3 is 4.74 Å². The zero-order valence-corrected chi connectivity index (χ0v) is 16.2. The molecule has 1 aliphatic heterocycles. The SMILES string of the molecule is CCCCCc1cc(CC)c2c(c1)OC(C)(C)[C@@H]1CCC(C)=CC21. The minimum absolute atomic E-state index is 0.0675. The first-order valence-corrected chi connectivity index (χ1v) is 9.98. The molecule has 1 heterocycles. The molecule has 0 spiro atoms. The Morgan fingerprint density at radius 3 is 2.67 bits per heavy atom. The summed E-state index contributed by atoms with van der Waals surface area (Å²) in [6.07, 6.45) is 11.2. The molecule has 1 aliphatic carbocycles. The maximum absolute atomic E-state index is 6.58. The highest BCUT2D eigenvalue weighted by Crippen LogP contribution is 2.52. The Kier molecular flexibility index (Phi) is 5.08. The number of hydrogen-bond acceptors (Lipinski definition) is 1. The lowest BCUT2D eigenvalue weighted by Gasteiger charge is -2.47. The smallest absolute Gasteiger partial charge is 0.124 e. The van der Waals surface area contributed by atoms with Gasteiger partial charge in [-0.3, -0.25) is 0 Å². The van der Waals surface area contributed by atoms with E-state index in [-0.39, 0.29) is 5.60 Å². The number of allylic oxidation sites excluding steroid dienone is 2. The van der Waals surface area contributed by atoms with Crippen LogP contribution < -0.4 is 4.74 Å². The summed E-state index contributed by atoms with van der Waals surface area (Å²) in [5.41, 5.74) is 5.94. The molecule has 0 amide bonds. The van der Waals surface area contributed by atoms with Crippen LogP contribution in [0.2, 0.25) is 0 Å². The van der Waals surface area contributed by atoms with Crippen LogP contribution in [0.3, 0.4) is 0 Å². The summed E-state index contributed by atoms with van der Waals surface area (Å²) < 4.78 is 6.58. The average Bonchev–Trinajstić information content (AvgIpc) is 2.53. The first-order chi connectivity index (χ1) is 11.5. The fraction of sp³-hybridized carbons (Fsp3) is 0.652. The average molecular weight is 327 g/mol. The molecule has 2 atom stereocenters. The molecule has 3 rings (SSSR count). The Labute approximate surface area is 148 Å². The van der Waals surface area contributed by atoms with Crippen molar-refractivity contribution in [3.8, 4) is 5.75 Å². The minimum atomic E-state index is -0.0675. The molecule has 1 nitrogen and oxygen atoms in total. The van der Waals surface area contributed by atoms with E-state index < -0.39 is 0 Å². The first kappa shape index (κ1) is 17.6. The van der Waals surface area contributed by atoms with Crippen LogP contribution in [0.5, 0.6) is 5.75 Å². The van der Waals surface area contributed by atoms with Crippen molar-refractivity contribution in [3.05, 3.63) is 40.5 Å². The van der Waals surface area contributed by atoms with Gasteiger partial charge in [0.1, 0.15) is 11.4 Å². The van der Waals surface area contributed by atoms with E-state index in [9.17, 15) is 0 Å². The summed E-state index contributed by atoms with van der Waals surface area (Å²) in [6.45, 7) is 11.4. The summed E-state index contributed by atoms with van der Waals surface area (Å²) in [5, 5.41) is 0. The number of ether oxygens (including phenoxy) is 1. The van der Waals surface area contributed by atoms with Crippen LogP contribution >= 0.6 is 0 Å². The van der Waals surface area contributed by atoms with Gasteiger partial charge in [0.15, 0.2) is 0 Å². The summed E-state index contributed by atoms with van der Waals surface area (Å²) in [7, 11) is 0. The van der Waals surface area contributed by atoms with E-state index in [1.165, 1.54) is 55.2 Å². The number of aryl methyl sites for hydroxylation is 2. The van der Waals surface area contributed by atoms with Crippen molar-refractivity contribution >= 4 is 0 Å².